The first-order valence-electron chi connectivity index (χ1n) is 5.11. The van der Waals surface area contributed by atoms with E-state index < -0.39 is 0 Å². The van der Waals surface area contributed by atoms with Crippen LogP contribution in [0.15, 0.2) is 10.9 Å². The van der Waals surface area contributed by atoms with Crippen molar-refractivity contribution in [2.45, 2.75) is 31.7 Å². The van der Waals surface area contributed by atoms with E-state index in [1.54, 1.807) is 6.92 Å². The van der Waals surface area contributed by atoms with Crippen molar-refractivity contribution in [3.63, 3.8) is 0 Å². The van der Waals surface area contributed by atoms with Crippen LogP contribution < -0.4 is 10.9 Å². The summed E-state index contributed by atoms with van der Waals surface area (Å²) >= 11 is 0. The maximum Gasteiger partial charge on any atom is 0.252 e. The van der Waals surface area contributed by atoms with Crippen LogP contribution in [0.1, 0.15) is 25.1 Å². The molecular weight excluding hydrogens is 194 g/mol. The maximum absolute atomic E-state index is 11.2. The summed E-state index contributed by atoms with van der Waals surface area (Å²) in [5.41, 5.74) is -0.426. The molecule has 0 aliphatic heterocycles. The van der Waals surface area contributed by atoms with Gasteiger partial charge in [0.1, 0.15) is 11.6 Å². The molecule has 1 aliphatic rings. The molecule has 0 atom stereocenters. The predicted molar refractivity (Wildman–Crippen MR) is 56.9 cm³/mol. The van der Waals surface area contributed by atoms with Crippen LogP contribution in [0.5, 0.6) is 0 Å². The average Bonchev–Trinajstić information content (AvgIpc) is 2.10. The van der Waals surface area contributed by atoms with Crippen molar-refractivity contribution in [2.75, 3.05) is 11.9 Å². The lowest BCUT2D eigenvalue weighted by Gasteiger charge is -2.41. The first-order valence-corrected chi connectivity index (χ1v) is 5.11. The van der Waals surface area contributed by atoms with Crippen LogP contribution in [0, 0.1) is 6.92 Å². The lowest BCUT2D eigenvalue weighted by molar-refractivity contribution is 0.144. The van der Waals surface area contributed by atoms with E-state index in [0.29, 0.717) is 11.6 Å². The van der Waals surface area contributed by atoms with Gasteiger partial charge >= 0.3 is 0 Å². The van der Waals surface area contributed by atoms with Gasteiger partial charge in [-0.05, 0) is 26.2 Å². The number of aryl methyl sites for hydroxylation is 1. The fourth-order valence-electron chi connectivity index (χ4n) is 1.84. The normalized spacial score (nSPS) is 18.3. The molecule has 5 heteroatoms. The van der Waals surface area contributed by atoms with Crippen LogP contribution in [-0.2, 0) is 0 Å². The van der Waals surface area contributed by atoms with Crippen molar-refractivity contribution < 1.29 is 5.11 Å². The Morgan fingerprint density at radius 2 is 2.40 bits per heavy atom. The van der Waals surface area contributed by atoms with Gasteiger partial charge in [-0.2, -0.15) is 0 Å². The summed E-state index contributed by atoms with van der Waals surface area (Å²) in [6.45, 7) is 1.82. The van der Waals surface area contributed by atoms with Gasteiger partial charge in [-0.3, -0.25) is 4.79 Å². The van der Waals surface area contributed by atoms with E-state index in [9.17, 15) is 9.90 Å². The number of aromatic amines is 1. The highest BCUT2D eigenvalue weighted by molar-refractivity contribution is 5.38. The molecule has 0 amide bonds. The number of aromatic nitrogens is 2. The Morgan fingerprint density at radius 3 is 2.87 bits per heavy atom. The zero-order valence-electron chi connectivity index (χ0n) is 8.71. The van der Waals surface area contributed by atoms with Crippen molar-refractivity contribution in [1.82, 2.24) is 9.97 Å². The van der Waals surface area contributed by atoms with Crippen LogP contribution in [-0.4, -0.2) is 27.2 Å². The summed E-state index contributed by atoms with van der Waals surface area (Å²) in [5.74, 6) is 1.13. The summed E-state index contributed by atoms with van der Waals surface area (Å²) in [4.78, 5) is 17.9. The van der Waals surface area contributed by atoms with Crippen LogP contribution in [0.25, 0.3) is 0 Å². The first kappa shape index (κ1) is 10.2. The van der Waals surface area contributed by atoms with Crippen LogP contribution in [0.3, 0.4) is 0 Å². The third-order valence-electron chi connectivity index (χ3n) is 2.87. The van der Waals surface area contributed by atoms with Gasteiger partial charge in [0.05, 0.1) is 12.1 Å². The quantitative estimate of drug-likeness (QED) is 0.673. The lowest BCUT2D eigenvalue weighted by Crippen LogP contribution is -2.48. The molecule has 1 fully saturated rings. The van der Waals surface area contributed by atoms with Crippen molar-refractivity contribution in [2.24, 2.45) is 0 Å². The molecule has 1 heterocycles. The van der Waals surface area contributed by atoms with E-state index >= 15 is 0 Å². The number of aliphatic hydroxyl groups is 1. The van der Waals surface area contributed by atoms with Crippen molar-refractivity contribution in [3.05, 3.63) is 22.2 Å². The Bertz CT molecular complexity index is 404. The van der Waals surface area contributed by atoms with Gasteiger partial charge in [0.25, 0.3) is 5.56 Å². The minimum atomic E-state index is -0.257. The van der Waals surface area contributed by atoms with Crippen LogP contribution in [0.2, 0.25) is 0 Å². The van der Waals surface area contributed by atoms with E-state index in [1.165, 1.54) is 6.07 Å². The Balaban J connectivity index is 2.20. The monoisotopic (exact) mass is 209 g/mol. The van der Waals surface area contributed by atoms with Gasteiger partial charge in [0.15, 0.2) is 0 Å². The Kier molecular flexibility index (Phi) is 2.48. The SMILES string of the molecule is Cc1nc(NC2(CO)CCC2)cc(=O)[nH]1. The molecule has 1 aromatic rings. The largest absolute Gasteiger partial charge is 0.394 e. The highest BCUT2D eigenvalue weighted by Gasteiger charge is 2.36. The van der Waals surface area contributed by atoms with E-state index in [4.69, 9.17) is 0 Å². The number of aliphatic hydroxyl groups excluding tert-OH is 1. The molecule has 3 N–H and O–H groups in total. The topological polar surface area (TPSA) is 78.0 Å². The average molecular weight is 209 g/mol. The lowest BCUT2D eigenvalue weighted by atomic mass is 9.77. The Hall–Kier alpha value is -1.36. The van der Waals surface area contributed by atoms with Crippen LogP contribution in [0.4, 0.5) is 5.82 Å². The minimum Gasteiger partial charge on any atom is -0.394 e. The summed E-state index contributed by atoms with van der Waals surface area (Å²) in [6.07, 6.45) is 2.96. The van der Waals surface area contributed by atoms with Crippen molar-refractivity contribution in [3.8, 4) is 0 Å². The zero-order chi connectivity index (χ0) is 10.9. The number of nitrogens with one attached hydrogen (secondary N) is 2. The van der Waals surface area contributed by atoms with Crippen LogP contribution >= 0.6 is 0 Å². The fraction of sp³-hybridized carbons (Fsp3) is 0.600. The van der Waals surface area contributed by atoms with E-state index in [1.807, 2.05) is 0 Å². The molecule has 0 unspecified atom stereocenters. The molecule has 0 aromatic carbocycles. The highest BCUT2D eigenvalue weighted by Crippen LogP contribution is 2.33. The third-order valence-corrected chi connectivity index (χ3v) is 2.87. The fourth-order valence-corrected chi connectivity index (χ4v) is 1.84. The predicted octanol–water partition coefficient (Wildman–Crippen LogP) is 0.405. The van der Waals surface area contributed by atoms with Gasteiger partial charge in [-0.15, -0.1) is 0 Å². The molecule has 1 aromatic heterocycles. The number of hydrogen-bond acceptors (Lipinski definition) is 4. The molecule has 15 heavy (non-hydrogen) atoms. The molecule has 0 spiro atoms. The molecule has 0 bridgehead atoms. The second-order valence-corrected chi connectivity index (χ2v) is 4.13. The third kappa shape index (κ3) is 2.02. The van der Waals surface area contributed by atoms with E-state index in [-0.39, 0.29) is 17.7 Å². The number of rotatable bonds is 3. The van der Waals surface area contributed by atoms with Gasteiger partial charge in [-0.25, -0.2) is 4.98 Å². The molecule has 82 valence electrons. The highest BCUT2D eigenvalue weighted by atomic mass is 16.3. The van der Waals surface area contributed by atoms with Gasteiger partial charge in [0, 0.05) is 6.07 Å². The summed E-state index contributed by atoms with van der Waals surface area (Å²) < 4.78 is 0. The molecule has 1 aliphatic carbocycles. The van der Waals surface area contributed by atoms with Crippen molar-refractivity contribution in [1.29, 1.82) is 0 Å². The smallest absolute Gasteiger partial charge is 0.252 e. The number of hydrogen-bond donors (Lipinski definition) is 3. The van der Waals surface area contributed by atoms with Crippen molar-refractivity contribution >= 4 is 5.82 Å². The standard InChI is InChI=1S/C10H15N3O2/c1-7-11-8(5-9(15)12-7)13-10(6-14)3-2-4-10/h5,14H,2-4,6H2,1H3,(H2,11,12,13,15). The summed E-state index contributed by atoms with van der Waals surface area (Å²) in [6, 6.07) is 1.42. The second-order valence-electron chi connectivity index (χ2n) is 4.13. The molecule has 1 saturated carbocycles. The molecule has 0 radical (unpaired) electrons. The zero-order valence-corrected chi connectivity index (χ0v) is 8.71. The second kappa shape index (κ2) is 3.66. The maximum atomic E-state index is 11.2. The van der Waals surface area contributed by atoms with Gasteiger partial charge in [-0.1, -0.05) is 0 Å². The van der Waals surface area contributed by atoms with E-state index in [2.05, 4.69) is 15.3 Å². The summed E-state index contributed by atoms with van der Waals surface area (Å²) in [5, 5.41) is 12.4. The number of H-pyrrole nitrogens is 1. The Morgan fingerprint density at radius 1 is 1.67 bits per heavy atom. The minimum absolute atomic E-state index is 0.0839. The molecule has 2 rings (SSSR count). The molecular formula is C10H15N3O2. The number of anilines is 1. The summed E-state index contributed by atoms with van der Waals surface area (Å²) in [7, 11) is 0. The van der Waals surface area contributed by atoms with Gasteiger partial charge < -0.3 is 15.4 Å². The van der Waals surface area contributed by atoms with E-state index in [0.717, 1.165) is 19.3 Å². The first-order chi connectivity index (χ1) is 7.13. The molecule has 5 nitrogen and oxygen atoms in total. The van der Waals surface area contributed by atoms with Gasteiger partial charge in [0.2, 0.25) is 0 Å². The Labute approximate surface area is 87.6 Å². The molecule has 0 saturated heterocycles. The number of nitrogens with zero attached hydrogens (tertiary/aromatic N) is 1.